The maximum atomic E-state index is 12.5. The van der Waals surface area contributed by atoms with Crippen LogP contribution in [0.1, 0.15) is 25.3 Å². The van der Waals surface area contributed by atoms with E-state index < -0.39 is 32.3 Å². The summed E-state index contributed by atoms with van der Waals surface area (Å²) in [5, 5.41) is 0. The van der Waals surface area contributed by atoms with Gasteiger partial charge in [0.1, 0.15) is 0 Å². The molecule has 1 saturated carbocycles. The molecule has 0 atom stereocenters. The molecule has 2 rings (SSSR count). The highest BCUT2D eigenvalue weighted by atomic mass is 32.2. The Morgan fingerprint density at radius 3 is 2.14 bits per heavy atom. The molecule has 21 heavy (non-hydrogen) atoms. The van der Waals surface area contributed by atoms with Crippen molar-refractivity contribution in [1.29, 1.82) is 0 Å². The van der Waals surface area contributed by atoms with Gasteiger partial charge in [0, 0.05) is 0 Å². The lowest BCUT2D eigenvalue weighted by atomic mass is 10.2. The first-order valence-electron chi connectivity index (χ1n) is 6.24. The van der Waals surface area contributed by atoms with Gasteiger partial charge in [0.2, 0.25) is 0 Å². The lowest BCUT2D eigenvalue weighted by Crippen LogP contribution is -2.34. The maximum absolute atomic E-state index is 12.5. The topological polar surface area (TPSA) is 60.4 Å². The van der Waals surface area contributed by atoms with Crippen molar-refractivity contribution >= 4 is 15.8 Å². The molecule has 1 aliphatic carbocycles. The molecule has 1 aromatic rings. The Labute approximate surface area is 119 Å². The third-order valence-corrected chi connectivity index (χ3v) is 5.85. The second-order valence-electron chi connectivity index (χ2n) is 4.74. The van der Waals surface area contributed by atoms with E-state index in [-0.39, 0.29) is 24.3 Å². The van der Waals surface area contributed by atoms with Crippen molar-refractivity contribution in [2.75, 3.05) is 6.61 Å². The summed E-state index contributed by atoms with van der Waals surface area (Å²) in [4.78, 5) is 11.5. The van der Waals surface area contributed by atoms with Gasteiger partial charge in [0.05, 0.1) is 17.1 Å². The molecule has 0 N–H and O–H groups in total. The van der Waals surface area contributed by atoms with Crippen LogP contribution in [-0.4, -0.2) is 25.7 Å². The highest BCUT2D eigenvalue weighted by Crippen LogP contribution is 2.48. The number of hydrogen-bond donors (Lipinski definition) is 0. The minimum atomic E-state index is -4.54. The van der Waals surface area contributed by atoms with Crippen LogP contribution in [-0.2, 0) is 25.5 Å². The second kappa shape index (κ2) is 5.01. The molecule has 1 fully saturated rings. The van der Waals surface area contributed by atoms with Crippen LogP contribution in [0.3, 0.4) is 0 Å². The number of benzene rings is 1. The van der Waals surface area contributed by atoms with Gasteiger partial charge in [0.15, 0.2) is 14.6 Å². The van der Waals surface area contributed by atoms with Crippen molar-refractivity contribution in [2.24, 2.45) is 0 Å². The van der Waals surface area contributed by atoms with Crippen LogP contribution in [0, 0.1) is 0 Å². The average Bonchev–Trinajstić information content (AvgIpc) is 3.20. The fourth-order valence-electron chi connectivity index (χ4n) is 2.01. The summed E-state index contributed by atoms with van der Waals surface area (Å²) in [6.07, 6.45) is -4.30. The number of esters is 1. The van der Waals surface area contributed by atoms with Crippen LogP contribution < -0.4 is 0 Å². The molecule has 0 saturated heterocycles. The summed E-state index contributed by atoms with van der Waals surface area (Å²) in [6.45, 7) is 1.60. The summed E-state index contributed by atoms with van der Waals surface area (Å²) in [5.74, 6) is -0.843. The van der Waals surface area contributed by atoms with E-state index in [1.807, 2.05) is 0 Å². The van der Waals surface area contributed by atoms with Crippen molar-refractivity contribution in [3.63, 3.8) is 0 Å². The van der Waals surface area contributed by atoms with E-state index in [4.69, 9.17) is 4.74 Å². The van der Waals surface area contributed by atoms with Crippen LogP contribution >= 0.6 is 0 Å². The van der Waals surface area contributed by atoms with Gasteiger partial charge >= 0.3 is 12.1 Å². The summed E-state index contributed by atoms with van der Waals surface area (Å²) in [7, 11) is -4.05. The lowest BCUT2D eigenvalue weighted by molar-refractivity contribution is -0.143. The summed E-state index contributed by atoms with van der Waals surface area (Å²) in [5.41, 5.74) is -0.942. The van der Waals surface area contributed by atoms with Crippen LogP contribution in [0.2, 0.25) is 0 Å². The Morgan fingerprint density at radius 2 is 1.76 bits per heavy atom. The van der Waals surface area contributed by atoms with Gasteiger partial charge in [-0.05, 0) is 44.0 Å². The molecule has 0 unspecified atom stereocenters. The Kier molecular flexibility index (Phi) is 3.77. The third kappa shape index (κ3) is 2.64. The predicted octanol–water partition coefficient (Wildman–Crippen LogP) is 2.57. The molecule has 0 amide bonds. The number of hydrogen-bond acceptors (Lipinski definition) is 4. The number of ether oxygens (including phenoxy) is 1. The number of alkyl halides is 3. The zero-order valence-electron chi connectivity index (χ0n) is 11.1. The van der Waals surface area contributed by atoms with Gasteiger partial charge in [-0.15, -0.1) is 0 Å². The van der Waals surface area contributed by atoms with E-state index in [9.17, 15) is 26.4 Å². The van der Waals surface area contributed by atoms with Gasteiger partial charge in [0.25, 0.3) is 0 Å². The number of sulfone groups is 1. The minimum Gasteiger partial charge on any atom is -0.465 e. The Hall–Kier alpha value is -1.57. The maximum Gasteiger partial charge on any atom is 0.416 e. The minimum absolute atomic E-state index is 0.0448. The molecule has 0 aliphatic heterocycles. The zero-order chi connectivity index (χ0) is 15.9. The standard InChI is InChI=1S/C13H13F3O4S/c1-2-20-11(17)12(7-8-12)21(18,19)10-5-3-9(4-6-10)13(14,15)16/h3-6H,2,7-8H2,1H3. The molecule has 0 bridgehead atoms. The molecular formula is C13H13F3O4S. The van der Waals surface area contributed by atoms with Gasteiger partial charge < -0.3 is 4.74 Å². The van der Waals surface area contributed by atoms with Gasteiger partial charge in [-0.1, -0.05) is 0 Å². The van der Waals surface area contributed by atoms with E-state index in [0.717, 1.165) is 12.1 Å². The molecular weight excluding hydrogens is 309 g/mol. The molecule has 8 heteroatoms. The highest BCUT2D eigenvalue weighted by molar-refractivity contribution is 7.94. The Bertz CT molecular complexity index is 643. The number of rotatable bonds is 4. The van der Waals surface area contributed by atoms with Crippen molar-refractivity contribution in [2.45, 2.75) is 35.6 Å². The molecule has 0 heterocycles. The normalized spacial score (nSPS) is 17.3. The van der Waals surface area contributed by atoms with E-state index in [1.54, 1.807) is 6.92 Å². The molecule has 1 aliphatic rings. The summed E-state index contributed by atoms with van der Waals surface area (Å²) in [6, 6.07) is 3.12. The fourth-order valence-corrected chi connectivity index (χ4v) is 3.87. The van der Waals surface area contributed by atoms with Crippen LogP contribution in [0.4, 0.5) is 13.2 Å². The third-order valence-electron chi connectivity index (χ3n) is 3.36. The molecule has 0 radical (unpaired) electrons. The van der Waals surface area contributed by atoms with E-state index >= 15 is 0 Å². The number of halogens is 3. The van der Waals surface area contributed by atoms with Crippen molar-refractivity contribution in [3.05, 3.63) is 29.8 Å². The summed E-state index contributed by atoms with van der Waals surface area (Å²) < 4.78 is 65.3. The van der Waals surface area contributed by atoms with Crippen molar-refractivity contribution < 1.29 is 31.1 Å². The van der Waals surface area contributed by atoms with E-state index in [2.05, 4.69) is 0 Å². The van der Waals surface area contributed by atoms with Crippen LogP contribution in [0.5, 0.6) is 0 Å². The lowest BCUT2D eigenvalue weighted by Gasteiger charge is -2.15. The molecule has 4 nitrogen and oxygen atoms in total. The van der Waals surface area contributed by atoms with E-state index in [0.29, 0.717) is 12.1 Å². The van der Waals surface area contributed by atoms with Gasteiger partial charge in [-0.25, -0.2) is 8.42 Å². The van der Waals surface area contributed by atoms with E-state index in [1.165, 1.54) is 0 Å². The molecule has 0 spiro atoms. The first-order chi connectivity index (χ1) is 9.65. The largest absolute Gasteiger partial charge is 0.465 e. The fraction of sp³-hybridized carbons (Fsp3) is 0.462. The molecule has 1 aromatic carbocycles. The average molecular weight is 322 g/mol. The van der Waals surface area contributed by atoms with Crippen LogP contribution in [0.25, 0.3) is 0 Å². The monoisotopic (exact) mass is 322 g/mol. The van der Waals surface area contributed by atoms with Crippen molar-refractivity contribution in [3.8, 4) is 0 Å². The highest BCUT2D eigenvalue weighted by Gasteiger charge is 2.62. The Balaban J connectivity index is 2.35. The number of carbonyl (C=O) groups is 1. The zero-order valence-corrected chi connectivity index (χ0v) is 11.9. The predicted molar refractivity (Wildman–Crippen MR) is 67.2 cm³/mol. The van der Waals surface area contributed by atoms with Gasteiger partial charge in [-0.3, -0.25) is 4.79 Å². The Morgan fingerprint density at radius 1 is 1.24 bits per heavy atom. The second-order valence-corrected chi connectivity index (χ2v) is 7.00. The first-order valence-corrected chi connectivity index (χ1v) is 7.72. The van der Waals surface area contributed by atoms with Gasteiger partial charge in [-0.2, -0.15) is 13.2 Å². The first kappa shape index (κ1) is 15.8. The van der Waals surface area contributed by atoms with Crippen molar-refractivity contribution in [1.82, 2.24) is 0 Å². The smallest absolute Gasteiger partial charge is 0.416 e. The molecule has 116 valence electrons. The van der Waals surface area contributed by atoms with Crippen LogP contribution in [0.15, 0.2) is 29.2 Å². The SMILES string of the molecule is CCOC(=O)C1(S(=O)(=O)c2ccc(C(F)(F)F)cc2)CC1. The summed E-state index contributed by atoms with van der Waals surface area (Å²) >= 11 is 0. The molecule has 0 aromatic heterocycles. The number of carbonyl (C=O) groups excluding carboxylic acids is 1. The quantitative estimate of drug-likeness (QED) is 0.800.